The SMILES string of the molecule is COc1ccc(/C=C2/C[C@@]3(C)[C@@H](CC[C@@H]4[C@H]3CC[C@]3(C)C(=O)/C(=C/c5ccc(OC)cc5)C[C@H]43)CC2=O)cc1. The first-order chi connectivity index (χ1) is 18.7. The smallest absolute Gasteiger partial charge is 0.165 e. The number of Topliss-reactive ketones (excluding diaryl/α,β-unsaturated/α-hetero) is 2. The van der Waals surface area contributed by atoms with Crippen molar-refractivity contribution in [2.45, 2.75) is 58.8 Å². The Morgan fingerprint density at radius 2 is 1.33 bits per heavy atom. The second-order valence-corrected chi connectivity index (χ2v) is 12.8. The molecular formula is C35H40O4. The summed E-state index contributed by atoms with van der Waals surface area (Å²) in [5, 5.41) is 0. The Morgan fingerprint density at radius 3 is 1.92 bits per heavy atom. The van der Waals surface area contributed by atoms with Gasteiger partial charge in [0.25, 0.3) is 0 Å². The van der Waals surface area contributed by atoms with Gasteiger partial charge in [0.15, 0.2) is 11.6 Å². The molecule has 4 aliphatic carbocycles. The van der Waals surface area contributed by atoms with Crippen LogP contribution in [0.25, 0.3) is 12.2 Å². The van der Waals surface area contributed by atoms with Gasteiger partial charge in [-0.2, -0.15) is 0 Å². The van der Waals surface area contributed by atoms with Crippen LogP contribution in [0.4, 0.5) is 0 Å². The molecule has 2 aromatic carbocycles. The van der Waals surface area contributed by atoms with Crippen molar-refractivity contribution in [1.29, 1.82) is 0 Å². The molecule has 39 heavy (non-hydrogen) atoms. The van der Waals surface area contributed by atoms with Crippen molar-refractivity contribution in [3.8, 4) is 11.5 Å². The van der Waals surface area contributed by atoms with Crippen LogP contribution in [0.1, 0.15) is 69.9 Å². The van der Waals surface area contributed by atoms with Gasteiger partial charge in [0.1, 0.15) is 11.5 Å². The van der Waals surface area contributed by atoms with Crippen LogP contribution in [-0.2, 0) is 9.59 Å². The fourth-order valence-corrected chi connectivity index (χ4v) is 8.74. The molecule has 204 valence electrons. The highest BCUT2D eigenvalue weighted by Crippen LogP contribution is 2.66. The van der Waals surface area contributed by atoms with Crippen LogP contribution in [0.5, 0.6) is 11.5 Å². The van der Waals surface area contributed by atoms with Crippen molar-refractivity contribution >= 4 is 23.7 Å². The number of allylic oxidation sites excluding steroid dienone is 2. The van der Waals surface area contributed by atoms with Gasteiger partial charge in [0, 0.05) is 11.8 Å². The average molecular weight is 525 g/mol. The molecule has 0 unspecified atom stereocenters. The van der Waals surface area contributed by atoms with E-state index in [0.717, 1.165) is 72.3 Å². The highest BCUT2D eigenvalue weighted by Gasteiger charge is 2.61. The maximum absolute atomic E-state index is 13.8. The number of benzene rings is 2. The number of hydrogen-bond acceptors (Lipinski definition) is 4. The molecule has 0 spiro atoms. The number of ketones is 2. The summed E-state index contributed by atoms with van der Waals surface area (Å²) >= 11 is 0. The zero-order valence-corrected chi connectivity index (χ0v) is 23.7. The molecule has 4 fully saturated rings. The first kappa shape index (κ1) is 26.1. The highest BCUT2D eigenvalue weighted by atomic mass is 16.5. The number of hydrogen-bond donors (Lipinski definition) is 0. The van der Waals surface area contributed by atoms with Crippen molar-refractivity contribution in [3.63, 3.8) is 0 Å². The first-order valence-corrected chi connectivity index (χ1v) is 14.5. The van der Waals surface area contributed by atoms with E-state index in [9.17, 15) is 9.59 Å². The summed E-state index contributed by atoms with van der Waals surface area (Å²) in [6, 6.07) is 16.0. The van der Waals surface area contributed by atoms with Crippen molar-refractivity contribution in [3.05, 3.63) is 70.8 Å². The van der Waals surface area contributed by atoms with Crippen molar-refractivity contribution in [2.24, 2.45) is 34.5 Å². The fourth-order valence-electron chi connectivity index (χ4n) is 8.74. The van der Waals surface area contributed by atoms with Crippen LogP contribution in [0.2, 0.25) is 0 Å². The number of rotatable bonds is 4. The summed E-state index contributed by atoms with van der Waals surface area (Å²) < 4.78 is 10.6. The number of ether oxygens (including phenoxy) is 2. The maximum Gasteiger partial charge on any atom is 0.165 e. The lowest BCUT2D eigenvalue weighted by Crippen LogP contribution is -2.54. The van der Waals surface area contributed by atoms with Crippen LogP contribution in [0, 0.1) is 34.5 Å². The topological polar surface area (TPSA) is 52.6 Å². The minimum Gasteiger partial charge on any atom is -0.497 e. The summed E-state index contributed by atoms with van der Waals surface area (Å²) in [5.41, 5.74) is 3.90. The van der Waals surface area contributed by atoms with Gasteiger partial charge in [-0.05, 0) is 126 Å². The third-order valence-electron chi connectivity index (χ3n) is 11.0. The van der Waals surface area contributed by atoms with E-state index < -0.39 is 0 Å². The van der Waals surface area contributed by atoms with E-state index in [0.29, 0.717) is 41.7 Å². The van der Waals surface area contributed by atoms with Crippen LogP contribution in [0.15, 0.2) is 59.7 Å². The number of methoxy groups -OCH3 is 2. The quantitative estimate of drug-likeness (QED) is 0.387. The molecule has 0 amide bonds. The van der Waals surface area contributed by atoms with Gasteiger partial charge in [-0.1, -0.05) is 38.1 Å². The zero-order chi connectivity index (χ0) is 27.4. The second-order valence-electron chi connectivity index (χ2n) is 12.8. The third kappa shape index (κ3) is 4.37. The van der Waals surface area contributed by atoms with E-state index in [-0.39, 0.29) is 10.8 Å². The molecule has 0 heterocycles. The molecular weight excluding hydrogens is 484 g/mol. The van der Waals surface area contributed by atoms with Crippen molar-refractivity contribution in [2.75, 3.05) is 14.2 Å². The maximum atomic E-state index is 13.8. The Hall–Kier alpha value is -3.14. The molecule has 0 N–H and O–H groups in total. The lowest BCUT2D eigenvalue weighted by atomic mass is 9.45. The van der Waals surface area contributed by atoms with Gasteiger partial charge >= 0.3 is 0 Å². The van der Waals surface area contributed by atoms with E-state index in [1.165, 1.54) is 0 Å². The Labute approximate surface area is 232 Å². The molecule has 0 aromatic heterocycles. The van der Waals surface area contributed by atoms with Gasteiger partial charge in [-0.25, -0.2) is 0 Å². The van der Waals surface area contributed by atoms with E-state index in [1.807, 2.05) is 48.5 Å². The van der Waals surface area contributed by atoms with Gasteiger partial charge in [-0.3, -0.25) is 9.59 Å². The lowest BCUT2D eigenvalue weighted by molar-refractivity contribution is -0.139. The van der Waals surface area contributed by atoms with Crippen molar-refractivity contribution < 1.29 is 19.1 Å². The molecule has 4 aliphatic rings. The lowest BCUT2D eigenvalue weighted by Gasteiger charge is -2.59. The average Bonchev–Trinajstić information content (AvgIpc) is 3.20. The Morgan fingerprint density at radius 1 is 0.744 bits per heavy atom. The first-order valence-electron chi connectivity index (χ1n) is 14.5. The fraction of sp³-hybridized carbons (Fsp3) is 0.486. The normalized spacial score (nSPS) is 35.9. The van der Waals surface area contributed by atoms with Gasteiger partial charge in [0.2, 0.25) is 0 Å². The molecule has 6 atom stereocenters. The number of carbonyl (C=O) groups is 2. The minimum absolute atomic E-state index is 0.0992. The molecule has 4 heteroatoms. The molecule has 0 radical (unpaired) electrons. The van der Waals surface area contributed by atoms with Crippen LogP contribution in [0.3, 0.4) is 0 Å². The molecule has 4 saturated carbocycles. The minimum atomic E-state index is -0.269. The highest BCUT2D eigenvalue weighted by molar-refractivity contribution is 6.06. The molecule has 0 aliphatic heterocycles. The van der Waals surface area contributed by atoms with E-state index in [2.05, 4.69) is 26.0 Å². The number of carbonyl (C=O) groups excluding carboxylic acids is 2. The van der Waals surface area contributed by atoms with Crippen molar-refractivity contribution in [1.82, 2.24) is 0 Å². The largest absolute Gasteiger partial charge is 0.497 e. The van der Waals surface area contributed by atoms with Gasteiger partial charge < -0.3 is 9.47 Å². The third-order valence-corrected chi connectivity index (χ3v) is 11.0. The second kappa shape index (κ2) is 9.80. The van der Waals surface area contributed by atoms with Gasteiger partial charge in [0.05, 0.1) is 14.2 Å². The van der Waals surface area contributed by atoms with E-state index in [1.54, 1.807) is 14.2 Å². The van der Waals surface area contributed by atoms with E-state index >= 15 is 0 Å². The van der Waals surface area contributed by atoms with Crippen LogP contribution >= 0.6 is 0 Å². The molecule has 6 rings (SSSR count). The van der Waals surface area contributed by atoms with Crippen LogP contribution < -0.4 is 9.47 Å². The predicted molar refractivity (Wildman–Crippen MR) is 154 cm³/mol. The van der Waals surface area contributed by atoms with E-state index in [4.69, 9.17) is 9.47 Å². The summed E-state index contributed by atoms with van der Waals surface area (Å²) in [4.78, 5) is 27.1. The molecule has 4 nitrogen and oxygen atoms in total. The molecule has 2 aromatic rings. The standard InChI is InChI=1S/C35H40O4/c1-34-16-15-30-29(31(34)19-24(33(34)37)17-22-5-10-27(38-3)11-6-22)14-9-26-20-32(36)25(21-35(26,30)2)18-23-7-12-28(39-4)13-8-23/h5-8,10-13,17-18,26,29-31H,9,14-16,19-21H2,1-4H3/b24-17+,25-18-/t26-,29+,30+,31+,34-,35-/m0/s1. The predicted octanol–water partition coefficient (Wildman–Crippen LogP) is 7.57. The summed E-state index contributed by atoms with van der Waals surface area (Å²) in [7, 11) is 3.34. The zero-order valence-electron chi connectivity index (χ0n) is 23.7. The van der Waals surface area contributed by atoms with Gasteiger partial charge in [-0.15, -0.1) is 0 Å². The summed E-state index contributed by atoms with van der Waals surface area (Å²) in [6.07, 6.45) is 10.9. The van der Waals surface area contributed by atoms with Crippen LogP contribution in [-0.4, -0.2) is 25.8 Å². The monoisotopic (exact) mass is 524 g/mol. The Kier molecular flexibility index (Phi) is 6.56. The molecule has 0 bridgehead atoms. The Bertz CT molecular complexity index is 1330. The molecule has 0 saturated heterocycles. The Balaban J connectivity index is 1.27. The summed E-state index contributed by atoms with van der Waals surface area (Å²) in [5.74, 6) is 4.23. The number of fused-ring (bicyclic) bond motifs is 5. The summed E-state index contributed by atoms with van der Waals surface area (Å²) in [6.45, 7) is 4.69.